The Morgan fingerprint density at radius 2 is 2.00 bits per heavy atom. The van der Waals surface area contributed by atoms with Crippen LogP contribution in [0.4, 0.5) is 0 Å². The van der Waals surface area contributed by atoms with Crippen LogP contribution >= 0.6 is 11.6 Å². The molecule has 0 aliphatic rings. The fourth-order valence-corrected chi connectivity index (χ4v) is 0.306. The predicted octanol–water partition coefficient (Wildman–Crippen LogP) is 1.52. The number of hydrogen-bond acceptors (Lipinski definition) is 2. The van der Waals surface area contributed by atoms with E-state index < -0.39 is 0 Å². The number of aliphatic imine (C=N–C) groups is 1. The second kappa shape index (κ2) is 7.11. The first-order valence-electron chi connectivity index (χ1n) is 2.30. The van der Waals surface area contributed by atoms with Crippen LogP contribution in [0.2, 0.25) is 0 Å². The summed E-state index contributed by atoms with van der Waals surface area (Å²) in [4.78, 5) is 13.2. The minimum atomic E-state index is 0.689. The lowest BCUT2D eigenvalue weighted by atomic mass is 10.5. The molecule has 0 saturated heterocycles. The maximum absolute atomic E-state index is 9.65. The van der Waals surface area contributed by atoms with E-state index in [-0.39, 0.29) is 0 Å². The number of hydrogen-bond donors (Lipinski definition) is 0. The van der Waals surface area contributed by atoms with Crippen molar-refractivity contribution >= 4 is 23.6 Å². The first-order valence-corrected chi connectivity index (χ1v) is 2.74. The van der Waals surface area contributed by atoms with Crippen molar-refractivity contribution in [3.8, 4) is 0 Å². The van der Waals surface area contributed by atoms with E-state index in [0.29, 0.717) is 6.29 Å². The number of aldehydes is 1. The largest absolute Gasteiger partial charge is 0.299 e. The third kappa shape index (κ3) is 7.11. The quantitative estimate of drug-likeness (QED) is 0.255. The summed E-state index contributed by atoms with van der Waals surface area (Å²) >= 11 is 5.08. The number of carbonyl (C=O) groups is 1. The van der Waals surface area contributed by atoms with E-state index in [1.54, 1.807) is 12.2 Å². The molecule has 0 aliphatic carbocycles. The monoisotopic (exact) mass is 143 g/mol. The number of carbonyl (C=O) groups excluding carboxylic acids is 1. The molecule has 0 aliphatic heterocycles. The predicted molar refractivity (Wildman–Crippen MR) is 38.7 cm³/mol. The van der Waals surface area contributed by atoms with E-state index in [0.717, 1.165) is 5.67 Å². The summed E-state index contributed by atoms with van der Waals surface area (Å²) in [6, 6.07) is 0. The third-order valence-corrected chi connectivity index (χ3v) is 0.642. The minimum Gasteiger partial charge on any atom is -0.299 e. The molecule has 0 N–H and O–H groups in total. The SMILES string of the molecule is O=C/C=C/C=C\N=CCl. The van der Waals surface area contributed by atoms with Crippen LogP contribution in [-0.4, -0.2) is 12.0 Å². The van der Waals surface area contributed by atoms with Gasteiger partial charge >= 0.3 is 0 Å². The zero-order chi connectivity index (χ0) is 6.95. The van der Waals surface area contributed by atoms with Gasteiger partial charge in [0.2, 0.25) is 0 Å². The molecule has 0 aromatic heterocycles. The third-order valence-electron chi connectivity index (χ3n) is 0.529. The lowest BCUT2D eigenvalue weighted by Gasteiger charge is -1.68. The molecule has 0 saturated carbocycles. The molecule has 0 fully saturated rings. The fraction of sp³-hybridized carbons (Fsp3) is 0. The van der Waals surface area contributed by atoms with Gasteiger partial charge in [-0.3, -0.25) is 9.79 Å². The zero-order valence-electron chi connectivity index (χ0n) is 4.70. The Kier molecular flexibility index (Phi) is 6.41. The van der Waals surface area contributed by atoms with Gasteiger partial charge in [0.1, 0.15) is 6.29 Å². The van der Waals surface area contributed by atoms with E-state index in [2.05, 4.69) is 4.99 Å². The summed E-state index contributed by atoms with van der Waals surface area (Å²) in [6.07, 6.45) is 6.70. The number of rotatable bonds is 3. The maximum Gasteiger partial charge on any atom is 0.142 e. The van der Waals surface area contributed by atoms with Crippen LogP contribution in [0.1, 0.15) is 0 Å². The lowest BCUT2D eigenvalue weighted by molar-refractivity contribution is -0.104. The fourth-order valence-electron chi connectivity index (χ4n) is 0.241. The highest BCUT2D eigenvalue weighted by Crippen LogP contribution is 1.76. The maximum atomic E-state index is 9.65. The molecule has 0 aromatic carbocycles. The van der Waals surface area contributed by atoms with E-state index in [1.165, 1.54) is 12.3 Å². The molecule has 9 heavy (non-hydrogen) atoms. The molecule has 0 rings (SSSR count). The smallest absolute Gasteiger partial charge is 0.142 e. The van der Waals surface area contributed by atoms with E-state index in [1.807, 2.05) is 0 Å². The summed E-state index contributed by atoms with van der Waals surface area (Å²) < 4.78 is 0. The summed E-state index contributed by atoms with van der Waals surface area (Å²) in [7, 11) is 0. The van der Waals surface area contributed by atoms with Crippen LogP contribution in [0.15, 0.2) is 29.4 Å². The Morgan fingerprint density at radius 1 is 1.22 bits per heavy atom. The molecular formula is C6H6ClNO. The molecule has 0 spiro atoms. The number of allylic oxidation sites excluding steroid dienone is 3. The van der Waals surface area contributed by atoms with Crippen LogP contribution in [0.25, 0.3) is 0 Å². The van der Waals surface area contributed by atoms with E-state index in [4.69, 9.17) is 11.6 Å². The summed E-state index contributed by atoms with van der Waals surface area (Å²) in [5.41, 5.74) is 1.14. The molecular weight excluding hydrogens is 138 g/mol. The molecule has 0 atom stereocenters. The highest BCUT2D eigenvalue weighted by molar-refractivity contribution is 6.56. The molecule has 2 nitrogen and oxygen atoms in total. The van der Waals surface area contributed by atoms with Crippen LogP contribution in [0, 0.1) is 0 Å². The van der Waals surface area contributed by atoms with E-state index >= 15 is 0 Å². The molecule has 0 unspecified atom stereocenters. The number of nitrogens with zero attached hydrogens (tertiary/aromatic N) is 1. The average Bonchev–Trinajstić information content (AvgIpc) is 1.89. The standard InChI is InChI=1S/C6H6ClNO/c7-6-8-4-2-1-3-5-9/h1-6H/b3-1+,4-2-,8-6?. The van der Waals surface area contributed by atoms with Gasteiger partial charge in [0, 0.05) is 6.20 Å². The van der Waals surface area contributed by atoms with Crippen molar-refractivity contribution in [2.75, 3.05) is 0 Å². The highest BCUT2D eigenvalue weighted by Gasteiger charge is 1.60. The molecule has 0 amide bonds. The van der Waals surface area contributed by atoms with Crippen molar-refractivity contribution in [1.82, 2.24) is 0 Å². The lowest BCUT2D eigenvalue weighted by Crippen LogP contribution is -1.55. The second-order valence-electron chi connectivity index (χ2n) is 1.11. The van der Waals surface area contributed by atoms with Gasteiger partial charge in [-0.05, 0) is 12.2 Å². The molecule has 0 radical (unpaired) electrons. The minimum absolute atomic E-state index is 0.689. The Labute approximate surface area is 58.5 Å². The summed E-state index contributed by atoms with van der Waals surface area (Å²) in [5, 5.41) is 0. The van der Waals surface area contributed by atoms with Gasteiger partial charge < -0.3 is 0 Å². The van der Waals surface area contributed by atoms with Crippen LogP contribution < -0.4 is 0 Å². The van der Waals surface area contributed by atoms with Crippen LogP contribution in [-0.2, 0) is 4.79 Å². The van der Waals surface area contributed by atoms with Crippen molar-refractivity contribution < 1.29 is 4.79 Å². The molecule has 0 aromatic rings. The zero-order valence-corrected chi connectivity index (χ0v) is 5.45. The Hall–Kier alpha value is -0.890. The second-order valence-corrected chi connectivity index (χ2v) is 1.30. The summed E-state index contributed by atoms with van der Waals surface area (Å²) in [5.74, 6) is 0. The van der Waals surface area contributed by atoms with Gasteiger partial charge in [-0.1, -0.05) is 17.7 Å². The van der Waals surface area contributed by atoms with Crippen molar-refractivity contribution in [3.63, 3.8) is 0 Å². The first-order chi connectivity index (χ1) is 4.41. The van der Waals surface area contributed by atoms with Gasteiger partial charge in [-0.25, -0.2) is 0 Å². The van der Waals surface area contributed by atoms with Crippen molar-refractivity contribution in [1.29, 1.82) is 0 Å². The van der Waals surface area contributed by atoms with Crippen molar-refractivity contribution in [2.45, 2.75) is 0 Å². The highest BCUT2D eigenvalue weighted by atomic mass is 35.5. The molecule has 48 valence electrons. The van der Waals surface area contributed by atoms with E-state index in [9.17, 15) is 4.79 Å². The Bertz CT molecular complexity index is 149. The first kappa shape index (κ1) is 8.11. The topological polar surface area (TPSA) is 29.4 Å². The molecule has 0 heterocycles. The van der Waals surface area contributed by atoms with Gasteiger partial charge in [0.05, 0.1) is 5.67 Å². The van der Waals surface area contributed by atoms with Crippen LogP contribution in [0.5, 0.6) is 0 Å². The van der Waals surface area contributed by atoms with Gasteiger partial charge in [0.25, 0.3) is 0 Å². The summed E-state index contributed by atoms with van der Waals surface area (Å²) in [6.45, 7) is 0. The average molecular weight is 144 g/mol. The molecule has 0 bridgehead atoms. The van der Waals surface area contributed by atoms with Crippen molar-refractivity contribution in [3.05, 3.63) is 24.4 Å². The van der Waals surface area contributed by atoms with Crippen molar-refractivity contribution in [2.24, 2.45) is 4.99 Å². The Balaban J connectivity index is 3.46. The normalized spacial score (nSPS) is 12.1. The Morgan fingerprint density at radius 3 is 2.56 bits per heavy atom. The van der Waals surface area contributed by atoms with Gasteiger partial charge in [-0.15, -0.1) is 0 Å². The van der Waals surface area contributed by atoms with Gasteiger partial charge in [0.15, 0.2) is 0 Å². The molecule has 3 heteroatoms. The van der Waals surface area contributed by atoms with Gasteiger partial charge in [-0.2, -0.15) is 0 Å². The number of halogens is 1. The van der Waals surface area contributed by atoms with Crippen LogP contribution in [0.3, 0.4) is 0 Å².